The summed E-state index contributed by atoms with van der Waals surface area (Å²) in [5.41, 5.74) is 1.34. The second-order valence-corrected chi connectivity index (χ2v) is 7.20. The number of piperidine rings is 1. The van der Waals surface area contributed by atoms with Crippen molar-refractivity contribution >= 4 is 5.82 Å². The summed E-state index contributed by atoms with van der Waals surface area (Å²) in [6.45, 7) is 14.1. The van der Waals surface area contributed by atoms with Crippen LogP contribution < -0.4 is 10.2 Å². The van der Waals surface area contributed by atoms with E-state index in [1.54, 1.807) is 0 Å². The van der Waals surface area contributed by atoms with Crippen LogP contribution in [0, 0.1) is 12.8 Å². The summed E-state index contributed by atoms with van der Waals surface area (Å²) in [7, 11) is 0. The van der Waals surface area contributed by atoms with Crippen molar-refractivity contribution in [1.82, 2.24) is 15.3 Å². The van der Waals surface area contributed by atoms with Crippen molar-refractivity contribution < 1.29 is 0 Å². The van der Waals surface area contributed by atoms with Crippen LogP contribution in [0.25, 0.3) is 0 Å². The van der Waals surface area contributed by atoms with Crippen LogP contribution in [-0.4, -0.2) is 35.1 Å². The first-order valence-electron chi connectivity index (χ1n) is 8.22. The third-order valence-corrected chi connectivity index (χ3v) is 4.00. The molecule has 2 heterocycles. The Balaban J connectivity index is 2.02. The van der Waals surface area contributed by atoms with Gasteiger partial charge >= 0.3 is 0 Å². The molecule has 4 heteroatoms. The molecule has 1 fully saturated rings. The first-order valence-corrected chi connectivity index (χ1v) is 8.22. The van der Waals surface area contributed by atoms with Gasteiger partial charge in [-0.1, -0.05) is 6.92 Å². The Morgan fingerprint density at radius 3 is 2.76 bits per heavy atom. The predicted molar refractivity (Wildman–Crippen MR) is 88.8 cm³/mol. The zero-order valence-electron chi connectivity index (χ0n) is 14.2. The Hall–Kier alpha value is -1.16. The lowest BCUT2D eigenvalue weighted by atomic mass is 9.96. The zero-order valence-corrected chi connectivity index (χ0v) is 14.2. The van der Waals surface area contributed by atoms with E-state index in [0.717, 1.165) is 43.4 Å². The molecule has 1 aliphatic rings. The molecule has 0 aromatic carbocycles. The molecule has 1 aromatic heterocycles. The molecule has 0 aliphatic carbocycles. The van der Waals surface area contributed by atoms with Crippen molar-refractivity contribution in [2.45, 2.75) is 59.4 Å². The highest BCUT2D eigenvalue weighted by Gasteiger charge is 2.22. The van der Waals surface area contributed by atoms with E-state index in [1.165, 1.54) is 12.8 Å². The van der Waals surface area contributed by atoms with Crippen LogP contribution in [0.15, 0.2) is 6.07 Å². The number of anilines is 1. The molecule has 1 atom stereocenters. The predicted octanol–water partition coefficient (Wildman–Crippen LogP) is 2.95. The molecule has 0 spiro atoms. The van der Waals surface area contributed by atoms with Crippen LogP contribution in [0.5, 0.6) is 0 Å². The molecule has 118 valence electrons. The first kappa shape index (κ1) is 16.2. The van der Waals surface area contributed by atoms with E-state index in [1.807, 2.05) is 6.92 Å². The SMILES string of the molecule is CCc1cc(N2CCCC(CNC(C)(C)C)C2)nc(C)n1. The maximum Gasteiger partial charge on any atom is 0.132 e. The van der Waals surface area contributed by atoms with Gasteiger partial charge < -0.3 is 10.2 Å². The van der Waals surface area contributed by atoms with Crippen molar-refractivity contribution in [3.63, 3.8) is 0 Å². The van der Waals surface area contributed by atoms with Gasteiger partial charge in [0.15, 0.2) is 0 Å². The summed E-state index contributed by atoms with van der Waals surface area (Å²) >= 11 is 0. The number of rotatable bonds is 4. The fraction of sp³-hybridized carbons (Fsp3) is 0.765. The molecule has 1 unspecified atom stereocenters. The molecule has 1 saturated heterocycles. The largest absolute Gasteiger partial charge is 0.356 e. The smallest absolute Gasteiger partial charge is 0.132 e. The van der Waals surface area contributed by atoms with Gasteiger partial charge in [-0.05, 0) is 52.9 Å². The summed E-state index contributed by atoms with van der Waals surface area (Å²) in [4.78, 5) is 11.6. The highest BCUT2D eigenvalue weighted by atomic mass is 15.2. The number of nitrogens with one attached hydrogen (secondary N) is 1. The van der Waals surface area contributed by atoms with Crippen LogP contribution in [0.4, 0.5) is 5.82 Å². The number of hydrogen-bond donors (Lipinski definition) is 1. The molecule has 2 rings (SSSR count). The molecular weight excluding hydrogens is 260 g/mol. The Kier molecular flexibility index (Phi) is 5.20. The van der Waals surface area contributed by atoms with Gasteiger partial charge in [0, 0.05) is 36.9 Å². The lowest BCUT2D eigenvalue weighted by molar-refractivity contribution is 0.335. The molecule has 0 saturated carbocycles. The second kappa shape index (κ2) is 6.73. The zero-order chi connectivity index (χ0) is 15.5. The molecule has 21 heavy (non-hydrogen) atoms. The van der Waals surface area contributed by atoms with Gasteiger partial charge in [0.2, 0.25) is 0 Å². The highest BCUT2D eigenvalue weighted by Crippen LogP contribution is 2.22. The van der Waals surface area contributed by atoms with Crippen LogP contribution in [0.1, 0.15) is 52.1 Å². The van der Waals surface area contributed by atoms with Gasteiger partial charge in [-0.15, -0.1) is 0 Å². The van der Waals surface area contributed by atoms with E-state index in [-0.39, 0.29) is 5.54 Å². The quantitative estimate of drug-likeness (QED) is 0.925. The highest BCUT2D eigenvalue weighted by molar-refractivity contribution is 5.40. The molecule has 1 N–H and O–H groups in total. The normalized spacial score (nSPS) is 19.9. The average molecular weight is 290 g/mol. The van der Waals surface area contributed by atoms with Crippen molar-refractivity contribution in [3.8, 4) is 0 Å². The third-order valence-electron chi connectivity index (χ3n) is 4.00. The Morgan fingerprint density at radius 2 is 2.10 bits per heavy atom. The van der Waals surface area contributed by atoms with Crippen molar-refractivity contribution in [1.29, 1.82) is 0 Å². The monoisotopic (exact) mass is 290 g/mol. The number of nitrogens with zero attached hydrogens (tertiary/aromatic N) is 3. The minimum absolute atomic E-state index is 0.198. The summed E-state index contributed by atoms with van der Waals surface area (Å²) in [6.07, 6.45) is 3.53. The summed E-state index contributed by atoms with van der Waals surface area (Å²) in [5, 5.41) is 3.64. The lowest BCUT2D eigenvalue weighted by Crippen LogP contribution is -2.45. The van der Waals surface area contributed by atoms with Gasteiger partial charge in [0.25, 0.3) is 0 Å². The summed E-state index contributed by atoms with van der Waals surface area (Å²) in [5.74, 6) is 2.71. The minimum atomic E-state index is 0.198. The van der Waals surface area contributed by atoms with Crippen LogP contribution >= 0.6 is 0 Å². The van der Waals surface area contributed by atoms with Gasteiger partial charge in [0.1, 0.15) is 11.6 Å². The number of aromatic nitrogens is 2. The molecule has 0 radical (unpaired) electrons. The second-order valence-electron chi connectivity index (χ2n) is 7.20. The van der Waals surface area contributed by atoms with Crippen LogP contribution in [-0.2, 0) is 6.42 Å². The van der Waals surface area contributed by atoms with E-state index >= 15 is 0 Å². The van der Waals surface area contributed by atoms with Crippen LogP contribution in [0.2, 0.25) is 0 Å². The van der Waals surface area contributed by atoms with Crippen molar-refractivity contribution in [2.75, 3.05) is 24.5 Å². The van der Waals surface area contributed by atoms with E-state index < -0.39 is 0 Å². The Bertz CT molecular complexity index is 464. The van der Waals surface area contributed by atoms with Crippen molar-refractivity contribution in [3.05, 3.63) is 17.6 Å². The molecule has 0 amide bonds. The molecule has 1 aromatic rings. The fourth-order valence-corrected chi connectivity index (χ4v) is 2.85. The summed E-state index contributed by atoms with van der Waals surface area (Å²) < 4.78 is 0. The Labute approximate surface area is 129 Å². The van der Waals surface area contributed by atoms with Gasteiger partial charge in [0.05, 0.1) is 0 Å². The standard InChI is InChI=1S/C17H30N4/c1-6-15-10-16(20-13(2)19-15)21-9-7-8-14(12-21)11-18-17(3,4)5/h10,14,18H,6-9,11-12H2,1-5H3. The number of aryl methyl sites for hydroxylation is 2. The molecule has 4 nitrogen and oxygen atoms in total. The van der Waals surface area contributed by atoms with Gasteiger partial charge in [-0.3, -0.25) is 0 Å². The van der Waals surface area contributed by atoms with E-state index in [9.17, 15) is 0 Å². The summed E-state index contributed by atoms with van der Waals surface area (Å²) in [6, 6.07) is 2.16. The molecule has 0 bridgehead atoms. The fourth-order valence-electron chi connectivity index (χ4n) is 2.85. The van der Waals surface area contributed by atoms with Crippen LogP contribution in [0.3, 0.4) is 0 Å². The van der Waals surface area contributed by atoms with E-state index in [4.69, 9.17) is 0 Å². The third kappa shape index (κ3) is 4.95. The van der Waals surface area contributed by atoms with Crippen molar-refractivity contribution in [2.24, 2.45) is 5.92 Å². The van der Waals surface area contributed by atoms with E-state index in [2.05, 4.69) is 53.9 Å². The van der Waals surface area contributed by atoms with Gasteiger partial charge in [-0.2, -0.15) is 0 Å². The maximum absolute atomic E-state index is 4.64. The number of hydrogen-bond acceptors (Lipinski definition) is 4. The topological polar surface area (TPSA) is 41.0 Å². The lowest BCUT2D eigenvalue weighted by Gasteiger charge is -2.35. The average Bonchev–Trinajstić information content (AvgIpc) is 2.44. The minimum Gasteiger partial charge on any atom is -0.356 e. The first-order chi connectivity index (χ1) is 9.87. The Morgan fingerprint density at radius 1 is 1.33 bits per heavy atom. The van der Waals surface area contributed by atoms with E-state index in [0.29, 0.717) is 5.92 Å². The van der Waals surface area contributed by atoms with Gasteiger partial charge in [-0.25, -0.2) is 9.97 Å². The molecule has 1 aliphatic heterocycles. The maximum atomic E-state index is 4.64. The molecular formula is C17H30N4.